The molecule has 0 radical (unpaired) electrons. The van der Waals surface area contributed by atoms with Crippen molar-refractivity contribution < 1.29 is 9.90 Å². The number of aliphatic hydroxyl groups is 1. The van der Waals surface area contributed by atoms with Gasteiger partial charge in [0.1, 0.15) is 0 Å². The summed E-state index contributed by atoms with van der Waals surface area (Å²) in [7, 11) is 0. The molecule has 88 valence electrons. The Labute approximate surface area is 95.7 Å². The molecule has 3 N–H and O–H groups in total. The molecule has 0 aliphatic rings. The van der Waals surface area contributed by atoms with Crippen LogP contribution in [0.5, 0.6) is 0 Å². The molecule has 4 heteroatoms. The molecule has 0 saturated heterocycles. The maximum Gasteiger partial charge on any atom is 0.319 e. The van der Waals surface area contributed by atoms with E-state index in [0.29, 0.717) is 0 Å². The Balaban J connectivity index is 2.55. The number of aliphatic hydroxyl groups excluding tert-OH is 1. The molecule has 2 amide bonds. The fourth-order valence-electron chi connectivity index (χ4n) is 1.15. The highest BCUT2D eigenvalue weighted by Crippen LogP contribution is 2.09. The summed E-state index contributed by atoms with van der Waals surface area (Å²) in [6.07, 6.45) is 0. The third kappa shape index (κ3) is 3.90. The molecule has 0 aliphatic heterocycles. The summed E-state index contributed by atoms with van der Waals surface area (Å²) in [5.74, 6) is 0. The van der Waals surface area contributed by atoms with Crippen LogP contribution in [-0.2, 0) is 0 Å². The van der Waals surface area contributed by atoms with Gasteiger partial charge in [0.25, 0.3) is 0 Å². The second-order valence-corrected chi connectivity index (χ2v) is 4.49. The molecule has 1 aromatic rings. The van der Waals surface area contributed by atoms with Crippen molar-refractivity contribution in [2.24, 2.45) is 0 Å². The fourth-order valence-corrected chi connectivity index (χ4v) is 1.15. The van der Waals surface area contributed by atoms with Crippen molar-refractivity contribution in [1.29, 1.82) is 0 Å². The van der Waals surface area contributed by atoms with E-state index in [9.17, 15) is 4.79 Å². The highest BCUT2D eigenvalue weighted by atomic mass is 16.3. The molecular weight excluding hydrogens is 204 g/mol. The molecular formula is C12H18N2O2. The minimum atomic E-state index is -0.616. The average molecular weight is 222 g/mol. The van der Waals surface area contributed by atoms with E-state index >= 15 is 0 Å². The molecule has 4 nitrogen and oxygen atoms in total. The van der Waals surface area contributed by atoms with Crippen LogP contribution >= 0.6 is 0 Å². The Kier molecular flexibility index (Phi) is 3.90. The lowest BCUT2D eigenvalue weighted by molar-refractivity contribution is 0.187. The van der Waals surface area contributed by atoms with Crippen LogP contribution in [0.15, 0.2) is 24.3 Å². The number of urea groups is 1. The lowest BCUT2D eigenvalue weighted by Gasteiger charge is -2.23. The van der Waals surface area contributed by atoms with E-state index in [1.807, 2.05) is 31.2 Å². The number of carbonyl (C=O) groups is 1. The van der Waals surface area contributed by atoms with Gasteiger partial charge in [0.05, 0.1) is 12.1 Å². The largest absolute Gasteiger partial charge is 0.394 e. The molecule has 0 saturated carbocycles. The first kappa shape index (κ1) is 12.5. The number of nitrogens with one attached hydrogen (secondary N) is 2. The monoisotopic (exact) mass is 222 g/mol. The Morgan fingerprint density at radius 1 is 1.31 bits per heavy atom. The predicted molar refractivity (Wildman–Crippen MR) is 64.5 cm³/mol. The number of aryl methyl sites for hydroxylation is 1. The van der Waals surface area contributed by atoms with Crippen molar-refractivity contribution in [3.05, 3.63) is 29.8 Å². The smallest absolute Gasteiger partial charge is 0.319 e. The summed E-state index contributed by atoms with van der Waals surface area (Å²) in [6.45, 7) is 5.39. The molecule has 0 spiro atoms. The summed E-state index contributed by atoms with van der Waals surface area (Å²) >= 11 is 0. The second-order valence-electron chi connectivity index (χ2n) is 4.49. The standard InChI is InChI=1S/C12H18N2O2/c1-9-4-6-10(7-5-9)13-11(16)14-12(2,3)8-15/h4-7,15H,8H2,1-3H3,(H2,13,14,16). The Morgan fingerprint density at radius 3 is 2.38 bits per heavy atom. The van der Waals surface area contributed by atoms with Gasteiger partial charge in [-0.05, 0) is 32.9 Å². The van der Waals surface area contributed by atoms with Crippen molar-refractivity contribution in [2.45, 2.75) is 26.3 Å². The van der Waals surface area contributed by atoms with Crippen LogP contribution in [0.25, 0.3) is 0 Å². The van der Waals surface area contributed by atoms with Crippen molar-refractivity contribution in [1.82, 2.24) is 5.32 Å². The van der Waals surface area contributed by atoms with Crippen LogP contribution < -0.4 is 10.6 Å². The molecule has 16 heavy (non-hydrogen) atoms. The number of hydrogen-bond donors (Lipinski definition) is 3. The first-order chi connectivity index (χ1) is 7.43. The van der Waals surface area contributed by atoms with E-state index in [-0.39, 0.29) is 12.6 Å². The van der Waals surface area contributed by atoms with Crippen LogP contribution in [0.3, 0.4) is 0 Å². The quantitative estimate of drug-likeness (QED) is 0.731. The van der Waals surface area contributed by atoms with Gasteiger partial charge in [-0.2, -0.15) is 0 Å². The van der Waals surface area contributed by atoms with Crippen LogP contribution in [0, 0.1) is 6.92 Å². The Hall–Kier alpha value is -1.55. The van der Waals surface area contributed by atoms with Gasteiger partial charge in [0.2, 0.25) is 0 Å². The molecule has 0 aromatic heterocycles. The normalized spacial score (nSPS) is 11.0. The molecule has 0 aliphatic carbocycles. The highest BCUT2D eigenvalue weighted by Gasteiger charge is 2.18. The maximum atomic E-state index is 11.5. The van der Waals surface area contributed by atoms with E-state index in [0.717, 1.165) is 11.3 Å². The van der Waals surface area contributed by atoms with Crippen molar-refractivity contribution in [3.63, 3.8) is 0 Å². The fraction of sp³-hybridized carbons (Fsp3) is 0.417. The zero-order valence-electron chi connectivity index (χ0n) is 9.87. The highest BCUT2D eigenvalue weighted by molar-refractivity contribution is 5.89. The van der Waals surface area contributed by atoms with Gasteiger partial charge >= 0.3 is 6.03 Å². The SMILES string of the molecule is Cc1ccc(NC(=O)NC(C)(C)CO)cc1. The van der Waals surface area contributed by atoms with Crippen LogP contribution in [-0.4, -0.2) is 23.3 Å². The molecule has 1 aromatic carbocycles. The number of carbonyl (C=O) groups excluding carboxylic acids is 1. The third-order valence-electron chi connectivity index (χ3n) is 2.16. The van der Waals surface area contributed by atoms with Crippen LogP contribution in [0.2, 0.25) is 0 Å². The zero-order valence-corrected chi connectivity index (χ0v) is 9.87. The summed E-state index contributed by atoms with van der Waals surface area (Å²) in [4.78, 5) is 11.5. The number of benzene rings is 1. The number of anilines is 1. The topological polar surface area (TPSA) is 61.4 Å². The molecule has 0 heterocycles. The van der Waals surface area contributed by atoms with Gasteiger partial charge in [-0.15, -0.1) is 0 Å². The second kappa shape index (κ2) is 4.99. The van der Waals surface area contributed by atoms with E-state index in [1.54, 1.807) is 13.8 Å². The molecule has 0 unspecified atom stereocenters. The predicted octanol–water partition coefficient (Wildman–Crippen LogP) is 1.89. The van der Waals surface area contributed by atoms with E-state index in [4.69, 9.17) is 5.11 Å². The number of hydrogen-bond acceptors (Lipinski definition) is 2. The van der Waals surface area contributed by atoms with Gasteiger partial charge in [0.15, 0.2) is 0 Å². The summed E-state index contributed by atoms with van der Waals surface area (Å²) in [5.41, 5.74) is 1.26. The van der Waals surface area contributed by atoms with Crippen molar-refractivity contribution in [2.75, 3.05) is 11.9 Å². The third-order valence-corrected chi connectivity index (χ3v) is 2.16. The molecule has 0 fully saturated rings. The zero-order chi connectivity index (χ0) is 12.2. The molecule has 0 atom stereocenters. The van der Waals surface area contributed by atoms with Gasteiger partial charge in [0, 0.05) is 5.69 Å². The van der Waals surface area contributed by atoms with Crippen molar-refractivity contribution in [3.8, 4) is 0 Å². The molecule has 0 bridgehead atoms. The first-order valence-corrected chi connectivity index (χ1v) is 5.20. The van der Waals surface area contributed by atoms with E-state index in [2.05, 4.69) is 10.6 Å². The number of rotatable bonds is 3. The summed E-state index contributed by atoms with van der Waals surface area (Å²) in [6, 6.07) is 7.20. The molecule has 1 rings (SSSR count). The van der Waals surface area contributed by atoms with E-state index in [1.165, 1.54) is 0 Å². The van der Waals surface area contributed by atoms with Gasteiger partial charge in [-0.3, -0.25) is 0 Å². The van der Waals surface area contributed by atoms with E-state index < -0.39 is 5.54 Å². The minimum Gasteiger partial charge on any atom is -0.394 e. The van der Waals surface area contributed by atoms with Crippen LogP contribution in [0.4, 0.5) is 10.5 Å². The lowest BCUT2D eigenvalue weighted by atomic mass is 10.1. The van der Waals surface area contributed by atoms with Crippen LogP contribution in [0.1, 0.15) is 19.4 Å². The minimum absolute atomic E-state index is 0.103. The van der Waals surface area contributed by atoms with Gasteiger partial charge in [-0.25, -0.2) is 4.79 Å². The van der Waals surface area contributed by atoms with Gasteiger partial charge in [-0.1, -0.05) is 17.7 Å². The van der Waals surface area contributed by atoms with Gasteiger partial charge < -0.3 is 15.7 Å². The summed E-state index contributed by atoms with van der Waals surface area (Å²) < 4.78 is 0. The average Bonchev–Trinajstić information content (AvgIpc) is 2.21. The van der Waals surface area contributed by atoms with Crippen molar-refractivity contribution >= 4 is 11.7 Å². The maximum absolute atomic E-state index is 11.5. The Bertz CT molecular complexity index is 358. The first-order valence-electron chi connectivity index (χ1n) is 5.20. The Morgan fingerprint density at radius 2 is 1.88 bits per heavy atom. The number of amides is 2. The summed E-state index contributed by atoms with van der Waals surface area (Å²) in [5, 5.41) is 14.4. The lowest BCUT2D eigenvalue weighted by Crippen LogP contribution is -2.48.